The number of hydrogen-bond acceptors (Lipinski definition) is 3. The van der Waals surface area contributed by atoms with Gasteiger partial charge >= 0.3 is 0 Å². The summed E-state index contributed by atoms with van der Waals surface area (Å²) in [7, 11) is -1.06. The van der Waals surface area contributed by atoms with Gasteiger partial charge in [0.15, 0.2) is 9.84 Å². The van der Waals surface area contributed by atoms with E-state index >= 15 is 0 Å². The second kappa shape index (κ2) is 7.63. The molecule has 0 aliphatic heterocycles. The SMILES string of the molecule is CCCCC(CC)(CCS(=O)(=O)C(C)(C)C)CNC. The van der Waals surface area contributed by atoms with Crippen molar-refractivity contribution in [1.82, 2.24) is 5.32 Å². The number of nitrogens with one attached hydrogen (secondary N) is 1. The van der Waals surface area contributed by atoms with E-state index in [1.807, 2.05) is 7.05 Å². The predicted molar refractivity (Wildman–Crippen MR) is 84.3 cm³/mol. The molecule has 1 atom stereocenters. The standard InChI is InChI=1S/C15H33NO2S/c1-7-9-10-15(8-2,13-16-6)11-12-19(17,18)14(3,4)5/h16H,7-13H2,1-6H3. The Kier molecular flexibility index (Phi) is 7.59. The predicted octanol–water partition coefficient (Wildman–Crippen LogP) is 3.40. The van der Waals surface area contributed by atoms with Crippen molar-refractivity contribution in [3.63, 3.8) is 0 Å². The quantitative estimate of drug-likeness (QED) is 0.708. The third-order valence-electron chi connectivity index (χ3n) is 4.20. The Morgan fingerprint density at radius 2 is 1.63 bits per heavy atom. The van der Waals surface area contributed by atoms with Gasteiger partial charge in [-0.1, -0.05) is 26.7 Å². The van der Waals surface area contributed by atoms with E-state index in [1.54, 1.807) is 20.8 Å². The number of sulfone groups is 1. The van der Waals surface area contributed by atoms with Crippen molar-refractivity contribution in [2.24, 2.45) is 5.41 Å². The molecule has 1 unspecified atom stereocenters. The van der Waals surface area contributed by atoms with E-state index in [9.17, 15) is 8.42 Å². The first-order valence-electron chi connectivity index (χ1n) is 7.51. The van der Waals surface area contributed by atoms with Gasteiger partial charge in [-0.25, -0.2) is 8.42 Å². The topological polar surface area (TPSA) is 46.2 Å². The van der Waals surface area contributed by atoms with Gasteiger partial charge in [-0.05, 0) is 52.5 Å². The van der Waals surface area contributed by atoms with Gasteiger partial charge in [-0.2, -0.15) is 0 Å². The van der Waals surface area contributed by atoms with Gasteiger partial charge in [-0.3, -0.25) is 0 Å². The average molecular weight is 292 g/mol. The van der Waals surface area contributed by atoms with Gasteiger partial charge in [-0.15, -0.1) is 0 Å². The van der Waals surface area contributed by atoms with E-state index in [1.165, 1.54) is 6.42 Å². The van der Waals surface area contributed by atoms with Crippen LogP contribution in [0.25, 0.3) is 0 Å². The molecule has 0 aromatic heterocycles. The van der Waals surface area contributed by atoms with E-state index in [0.29, 0.717) is 5.75 Å². The molecule has 0 aromatic carbocycles. The van der Waals surface area contributed by atoms with E-state index in [0.717, 1.165) is 32.2 Å². The smallest absolute Gasteiger partial charge is 0.155 e. The fraction of sp³-hybridized carbons (Fsp3) is 1.00. The molecule has 1 N–H and O–H groups in total. The van der Waals surface area contributed by atoms with Crippen molar-refractivity contribution in [2.75, 3.05) is 19.3 Å². The third kappa shape index (κ3) is 5.82. The Hall–Kier alpha value is -0.0900. The minimum atomic E-state index is -3.01. The first kappa shape index (κ1) is 18.9. The van der Waals surface area contributed by atoms with Crippen LogP contribution in [0.3, 0.4) is 0 Å². The maximum absolute atomic E-state index is 12.3. The Morgan fingerprint density at radius 3 is 2.00 bits per heavy atom. The molecular formula is C15H33NO2S. The fourth-order valence-electron chi connectivity index (χ4n) is 2.36. The van der Waals surface area contributed by atoms with Crippen LogP contribution in [0.1, 0.15) is 66.7 Å². The molecule has 0 bridgehead atoms. The van der Waals surface area contributed by atoms with Crippen LogP contribution in [0.4, 0.5) is 0 Å². The van der Waals surface area contributed by atoms with Crippen molar-refractivity contribution < 1.29 is 8.42 Å². The number of rotatable bonds is 9. The summed E-state index contributed by atoms with van der Waals surface area (Å²) in [6, 6.07) is 0. The summed E-state index contributed by atoms with van der Waals surface area (Å²) in [5, 5.41) is 3.25. The lowest BCUT2D eigenvalue weighted by Gasteiger charge is -2.34. The molecule has 0 aromatic rings. The first-order chi connectivity index (χ1) is 8.64. The van der Waals surface area contributed by atoms with Crippen molar-refractivity contribution >= 4 is 9.84 Å². The first-order valence-corrected chi connectivity index (χ1v) is 9.16. The Labute approximate surface area is 120 Å². The van der Waals surface area contributed by atoms with Gasteiger partial charge in [0.2, 0.25) is 0 Å². The molecule has 0 spiro atoms. The monoisotopic (exact) mass is 291 g/mol. The summed E-state index contributed by atoms with van der Waals surface area (Å²) >= 11 is 0. The highest BCUT2D eigenvalue weighted by atomic mass is 32.2. The molecule has 0 saturated carbocycles. The van der Waals surface area contributed by atoms with Gasteiger partial charge in [0, 0.05) is 6.54 Å². The van der Waals surface area contributed by atoms with Crippen LogP contribution in [-0.2, 0) is 9.84 Å². The minimum absolute atomic E-state index is 0.128. The average Bonchev–Trinajstić information content (AvgIpc) is 2.31. The van der Waals surface area contributed by atoms with Crippen LogP contribution in [0.15, 0.2) is 0 Å². The molecule has 0 rings (SSSR count). The molecule has 0 aliphatic carbocycles. The molecule has 3 nitrogen and oxygen atoms in total. The van der Waals surface area contributed by atoms with E-state index in [4.69, 9.17) is 0 Å². The molecule has 0 amide bonds. The summed E-state index contributed by atoms with van der Waals surface area (Å²) in [5.41, 5.74) is 0.128. The van der Waals surface area contributed by atoms with Crippen LogP contribution >= 0.6 is 0 Å². The summed E-state index contributed by atoms with van der Waals surface area (Å²) in [6.07, 6.45) is 5.25. The second-order valence-corrected chi connectivity index (χ2v) is 9.53. The molecular weight excluding hydrogens is 258 g/mol. The molecule has 0 fully saturated rings. The summed E-state index contributed by atoms with van der Waals surface area (Å²) in [5.74, 6) is 0.301. The minimum Gasteiger partial charge on any atom is -0.319 e. The van der Waals surface area contributed by atoms with E-state index in [-0.39, 0.29) is 5.41 Å². The van der Waals surface area contributed by atoms with Gasteiger partial charge in [0.05, 0.1) is 10.5 Å². The van der Waals surface area contributed by atoms with Crippen molar-refractivity contribution in [3.05, 3.63) is 0 Å². The number of hydrogen-bond donors (Lipinski definition) is 1. The zero-order valence-electron chi connectivity index (χ0n) is 13.7. The largest absolute Gasteiger partial charge is 0.319 e. The van der Waals surface area contributed by atoms with Crippen LogP contribution in [0.5, 0.6) is 0 Å². The molecule has 0 heterocycles. The molecule has 116 valence electrons. The Morgan fingerprint density at radius 1 is 1.05 bits per heavy atom. The molecule has 0 saturated heterocycles. The Bertz CT molecular complexity index is 344. The van der Waals surface area contributed by atoms with E-state index < -0.39 is 14.6 Å². The molecule has 4 heteroatoms. The lowest BCUT2D eigenvalue weighted by Crippen LogP contribution is -2.37. The highest BCUT2D eigenvalue weighted by molar-refractivity contribution is 7.92. The van der Waals surface area contributed by atoms with Crippen LogP contribution < -0.4 is 5.32 Å². The highest BCUT2D eigenvalue weighted by Crippen LogP contribution is 2.34. The lowest BCUT2D eigenvalue weighted by atomic mass is 9.78. The van der Waals surface area contributed by atoms with Crippen molar-refractivity contribution in [3.8, 4) is 0 Å². The van der Waals surface area contributed by atoms with Crippen LogP contribution in [0, 0.1) is 5.41 Å². The van der Waals surface area contributed by atoms with Crippen molar-refractivity contribution in [1.29, 1.82) is 0 Å². The lowest BCUT2D eigenvalue weighted by molar-refractivity contribution is 0.228. The Balaban J connectivity index is 4.83. The summed E-state index contributed by atoms with van der Waals surface area (Å²) < 4.78 is 23.9. The summed E-state index contributed by atoms with van der Waals surface area (Å²) in [4.78, 5) is 0. The van der Waals surface area contributed by atoms with Gasteiger partial charge in [0.25, 0.3) is 0 Å². The van der Waals surface area contributed by atoms with E-state index in [2.05, 4.69) is 19.2 Å². The van der Waals surface area contributed by atoms with Crippen LogP contribution in [-0.4, -0.2) is 32.5 Å². The zero-order valence-corrected chi connectivity index (χ0v) is 14.5. The van der Waals surface area contributed by atoms with Crippen molar-refractivity contribution in [2.45, 2.75) is 71.5 Å². The second-order valence-electron chi connectivity index (χ2n) is 6.67. The fourth-order valence-corrected chi connectivity index (χ4v) is 3.68. The molecule has 0 aliphatic rings. The van der Waals surface area contributed by atoms with Crippen LogP contribution in [0.2, 0.25) is 0 Å². The number of unbranched alkanes of at least 4 members (excludes halogenated alkanes) is 1. The summed E-state index contributed by atoms with van der Waals surface area (Å²) in [6.45, 7) is 10.6. The highest BCUT2D eigenvalue weighted by Gasteiger charge is 2.33. The third-order valence-corrected chi connectivity index (χ3v) is 6.80. The van der Waals surface area contributed by atoms with Gasteiger partial charge in [0.1, 0.15) is 0 Å². The van der Waals surface area contributed by atoms with Gasteiger partial charge < -0.3 is 5.32 Å². The normalized spacial score (nSPS) is 16.3. The maximum atomic E-state index is 12.3. The maximum Gasteiger partial charge on any atom is 0.155 e. The zero-order chi connectivity index (χ0) is 15.2. The molecule has 0 radical (unpaired) electrons. The molecule has 19 heavy (non-hydrogen) atoms.